The van der Waals surface area contributed by atoms with Crippen molar-refractivity contribution < 1.29 is 14.6 Å². The maximum atomic E-state index is 11.4. The highest BCUT2D eigenvalue weighted by molar-refractivity contribution is 5.77. The molecule has 0 aliphatic heterocycles. The number of Topliss-reactive ketones (excluding diaryl/α,β-unsaturated/α-hetero) is 1. The molecule has 0 radical (unpaired) electrons. The van der Waals surface area contributed by atoms with Gasteiger partial charge in [0.05, 0.1) is 12.2 Å². The first-order chi connectivity index (χ1) is 16.0. The molecule has 0 aromatic carbocycles. The molecule has 0 bridgehead atoms. The normalized spacial score (nSPS) is 21.0. The molecule has 0 saturated heterocycles. The molecule has 198 valence electrons. The van der Waals surface area contributed by atoms with E-state index in [1.807, 2.05) is 13.8 Å². The van der Waals surface area contributed by atoms with E-state index in [1.54, 1.807) is 6.92 Å². The zero-order chi connectivity index (χ0) is 25.7. The Hall–Kier alpha value is -1.09. The molecule has 3 heteroatoms. The number of allylic oxidation sites excluding steroid dienone is 3. The van der Waals surface area contributed by atoms with E-state index in [-0.39, 0.29) is 11.7 Å². The van der Waals surface area contributed by atoms with E-state index in [1.165, 1.54) is 49.0 Å². The SMILES string of the molecule is CCOC1=C(C)C(C)CC=C1CCC(C)CCCC(C)CCCC(C)(O)CCCC(C)C(C)=O. The lowest BCUT2D eigenvalue weighted by Gasteiger charge is -2.25. The minimum atomic E-state index is -0.594. The van der Waals surface area contributed by atoms with E-state index in [2.05, 4.69) is 40.7 Å². The van der Waals surface area contributed by atoms with E-state index in [0.29, 0.717) is 5.92 Å². The number of hydrogen-bond acceptors (Lipinski definition) is 3. The van der Waals surface area contributed by atoms with Crippen LogP contribution in [0.25, 0.3) is 0 Å². The summed E-state index contributed by atoms with van der Waals surface area (Å²) >= 11 is 0. The second-order valence-electron chi connectivity index (χ2n) is 11.8. The molecule has 5 unspecified atom stereocenters. The highest BCUT2D eigenvalue weighted by atomic mass is 16.5. The standard InChI is InChI=1S/C31H56O3/c1-9-34-30-27(6)25(4)18-20-29(30)19-17-24(3)14-10-13-23(2)15-11-21-31(8,33)22-12-16-26(5)28(7)32/h20,23-26,33H,9-19,21-22H2,1-8H3. The second-order valence-corrected chi connectivity index (χ2v) is 11.8. The van der Waals surface area contributed by atoms with Crippen molar-refractivity contribution in [1.82, 2.24) is 0 Å². The van der Waals surface area contributed by atoms with Crippen LogP contribution in [0.4, 0.5) is 0 Å². The molecular weight excluding hydrogens is 420 g/mol. The molecular formula is C31H56O3. The van der Waals surface area contributed by atoms with Crippen molar-refractivity contribution in [3.8, 4) is 0 Å². The molecule has 0 fully saturated rings. The van der Waals surface area contributed by atoms with Gasteiger partial charge in [-0.25, -0.2) is 0 Å². The number of aliphatic hydroxyl groups is 1. The zero-order valence-corrected chi connectivity index (χ0v) is 23.8. The number of ketones is 1. The third-order valence-electron chi connectivity index (χ3n) is 8.15. The molecule has 1 aliphatic carbocycles. The smallest absolute Gasteiger partial charge is 0.132 e. The maximum Gasteiger partial charge on any atom is 0.132 e. The average molecular weight is 477 g/mol. The molecule has 1 rings (SSSR count). The molecule has 1 N–H and O–H groups in total. The Kier molecular flexibility index (Phi) is 14.4. The molecule has 34 heavy (non-hydrogen) atoms. The van der Waals surface area contributed by atoms with E-state index >= 15 is 0 Å². The van der Waals surface area contributed by atoms with Gasteiger partial charge in [0.2, 0.25) is 0 Å². The lowest BCUT2D eigenvalue weighted by molar-refractivity contribution is -0.120. The van der Waals surface area contributed by atoms with Crippen molar-refractivity contribution in [1.29, 1.82) is 0 Å². The number of carbonyl (C=O) groups is 1. The first kappa shape index (κ1) is 30.9. The van der Waals surface area contributed by atoms with Gasteiger partial charge in [-0.1, -0.05) is 65.9 Å². The molecule has 0 amide bonds. The molecule has 0 aromatic heterocycles. The number of carbonyl (C=O) groups excluding carboxylic acids is 1. The van der Waals surface area contributed by atoms with Gasteiger partial charge in [-0.2, -0.15) is 0 Å². The third kappa shape index (κ3) is 12.0. The summed E-state index contributed by atoms with van der Waals surface area (Å²) in [6, 6.07) is 0. The van der Waals surface area contributed by atoms with Crippen LogP contribution in [0.3, 0.4) is 0 Å². The van der Waals surface area contributed by atoms with Crippen molar-refractivity contribution in [2.24, 2.45) is 23.7 Å². The summed E-state index contributed by atoms with van der Waals surface area (Å²) < 4.78 is 6.01. The van der Waals surface area contributed by atoms with Crippen LogP contribution in [0.2, 0.25) is 0 Å². The summed E-state index contributed by atoms with van der Waals surface area (Å²) in [4.78, 5) is 11.4. The van der Waals surface area contributed by atoms with Crippen LogP contribution in [0.5, 0.6) is 0 Å². The predicted octanol–water partition coefficient (Wildman–Crippen LogP) is 8.80. The van der Waals surface area contributed by atoms with Crippen LogP contribution in [0.15, 0.2) is 23.0 Å². The minimum Gasteiger partial charge on any atom is -0.494 e. The van der Waals surface area contributed by atoms with Crippen molar-refractivity contribution in [2.45, 2.75) is 138 Å². The minimum absolute atomic E-state index is 0.119. The van der Waals surface area contributed by atoms with Gasteiger partial charge in [0.25, 0.3) is 0 Å². The summed E-state index contributed by atoms with van der Waals surface area (Å²) in [5.74, 6) is 3.61. The number of rotatable bonds is 18. The molecule has 3 nitrogen and oxygen atoms in total. The van der Waals surface area contributed by atoms with Gasteiger partial charge in [0, 0.05) is 5.92 Å². The quantitative estimate of drug-likeness (QED) is 0.215. The van der Waals surface area contributed by atoms with Crippen molar-refractivity contribution in [3.63, 3.8) is 0 Å². The van der Waals surface area contributed by atoms with Gasteiger partial charge in [-0.3, -0.25) is 4.79 Å². The van der Waals surface area contributed by atoms with E-state index in [0.717, 1.165) is 63.4 Å². The van der Waals surface area contributed by atoms with Crippen LogP contribution in [-0.4, -0.2) is 23.1 Å². The van der Waals surface area contributed by atoms with Gasteiger partial charge < -0.3 is 9.84 Å². The number of ether oxygens (including phenoxy) is 1. The van der Waals surface area contributed by atoms with Gasteiger partial charge in [0.1, 0.15) is 11.5 Å². The Morgan fingerprint density at radius 2 is 1.62 bits per heavy atom. The van der Waals surface area contributed by atoms with E-state index in [4.69, 9.17) is 4.74 Å². The Balaban J connectivity index is 2.23. The van der Waals surface area contributed by atoms with Gasteiger partial charge >= 0.3 is 0 Å². The van der Waals surface area contributed by atoms with E-state index in [9.17, 15) is 9.90 Å². The molecule has 0 aromatic rings. The van der Waals surface area contributed by atoms with Crippen LogP contribution in [0, 0.1) is 23.7 Å². The average Bonchev–Trinajstić information content (AvgIpc) is 2.76. The summed E-state index contributed by atoms with van der Waals surface area (Å²) in [5.41, 5.74) is 2.26. The van der Waals surface area contributed by atoms with Crippen molar-refractivity contribution in [2.75, 3.05) is 6.61 Å². The third-order valence-corrected chi connectivity index (χ3v) is 8.15. The maximum absolute atomic E-state index is 11.4. The van der Waals surface area contributed by atoms with Crippen LogP contribution < -0.4 is 0 Å². The Morgan fingerprint density at radius 1 is 1.06 bits per heavy atom. The fraction of sp³-hybridized carbons (Fsp3) is 0.839. The van der Waals surface area contributed by atoms with Crippen LogP contribution >= 0.6 is 0 Å². The summed E-state index contributed by atoms with van der Waals surface area (Å²) in [7, 11) is 0. The zero-order valence-electron chi connectivity index (χ0n) is 23.8. The number of hydrogen-bond donors (Lipinski definition) is 1. The van der Waals surface area contributed by atoms with Crippen LogP contribution in [0.1, 0.15) is 132 Å². The highest BCUT2D eigenvalue weighted by Crippen LogP contribution is 2.34. The Labute approximate surface area is 211 Å². The fourth-order valence-corrected chi connectivity index (χ4v) is 5.09. The van der Waals surface area contributed by atoms with Gasteiger partial charge in [-0.05, 0) is 102 Å². The highest BCUT2D eigenvalue weighted by Gasteiger charge is 2.22. The Morgan fingerprint density at radius 3 is 2.21 bits per heavy atom. The van der Waals surface area contributed by atoms with Gasteiger partial charge in [-0.15, -0.1) is 0 Å². The summed E-state index contributed by atoms with van der Waals surface area (Å²) in [6.45, 7) is 17.7. The summed E-state index contributed by atoms with van der Waals surface area (Å²) in [6.07, 6.45) is 15.6. The second kappa shape index (κ2) is 15.8. The largest absolute Gasteiger partial charge is 0.494 e. The predicted molar refractivity (Wildman–Crippen MR) is 146 cm³/mol. The Bertz CT molecular complexity index is 658. The molecule has 5 atom stereocenters. The molecule has 0 saturated carbocycles. The fourth-order valence-electron chi connectivity index (χ4n) is 5.09. The first-order valence-electron chi connectivity index (χ1n) is 14.2. The first-order valence-corrected chi connectivity index (χ1v) is 14.2. The monoisotopic (exact) mass is 476 g/mol. The lowest BCUT2D eigenvalue weighted by Crippen LogP contribution is -2.24. The molecule has 0 heterocycles. The molecule has 1 aliphatic rings. The lowest BCUT2D eigenvalue weighted by atomic mass is 9.85. The van der Waals surface area contributed by atoms with E-state index < -0.39 is 5.60 Å². The summed E-state index contributed by atoms with van der Waals surface area (Å²) in [5, 5.41) is 10.7. The van der Waals surface area contributed by atoms with Crippen molar-refractivity contribution >= 4 is 5.78 Å². The topological polar surface area (TPSA) is 46.5 Å². The molecule has 0 spiro atoms. The van der Waals surface area contributed by atoms with Gasteiger partial charge in [0.15, 0.2) is 0 Å². The van der Waals surface area contributed by atoms with Crippen LogP contribution in [-0.2, 0) is 9.53 Å². The van der Waals surface area contributed by atoms with Crippen molar-refractivity contribution in [3.05, 3.63) is 23.0 Å².